The summed E-state index contributed by atoms with van der Waals surface area (Å²) in [5.41, 5.74) is 1.18. The minimum atomic E-state index is -0.731. The zero-order valence-electron chi connectivity index (χ0n) is 13.0. The molecule has 1 atom stereocenters. The Balaban J connectivity index is 1.57. The van der Waals surface area contributed by atoms with Crippen molar-refractivity contribution >= 4 is 17.2 Å². The number of rotatable bonds is 3. The Hall–Kier alpha value is -2.61. The molecule has 1 amide bonds. The Morgan fingerprint density at radius 3 is 3.08 bits per heavy atom. The van der Waals surface area contributed by atoms with Gasteiger partial charge in [-0.3, -0.25) is 4.79 Å². The Morgan fingerprint density at radius 2 is 2.29 bits per heavy atom. The zero-order valence-corrected chi connectivity index (χ0v) is 13.8. The molecule has 24 heavy (non-hydrogen) atoms. The summed E-state index contributed by atoms with van der Waals surface area (Å²) in [4.78, 5) is 27.9. The third-order valence-electron chi connectivity index (χ3n) is 4.15. The summed E-state index contributed by atoms with van der Waals surface area (Å²) >= 11 is 1.72. The molecular weight excluding hydrogens is 330 g/mol. The highest BCUT2D eigenvalue weighted by molar-refractivity contribution is 7.10. The van der Waals surface area contributed by atoms with Crippen molar-refractivity contribution in [3.8, 4) is 11.7 Å². The first-order valence-corrected chi connectivity index (χ1v) is 8.49. The summed E-state index contributed by atoms with van der Waals surface area (Å²) in [7, 11) is 0. The first-order chi connectivity index (χ1) is 11.6. The molecule has 0 aliphatic carbocycles. The van der Waals surface area contributed by atoms with E-state index in [1.165, 1.54) is 16.7 Å². The van der Waals surface area contributed by atoms with Gasteiger partial charge in [0, 0.05) is 18.0 Å². The van der Waals surface area contributed by atoms with Crippen LogP contribution in [0.3, 0.4) is 0 Å². The Labute approximate surface area is 141 Å². The minimum absolute atomic E-state index is 0.0726. The van der Waals surface area contributed by atoms with Crippen molar-refractivity contribution in [3.05, 3.63) is 50.8 Å². The summed E-state index contributed by atoms with van der Waals surface area (Å²) in [5.74, 6) is -0.390. The van der Waals surface area contributed by atoms with Crippen molar-refractivity contribution in [2.45, 2.75) is 25.9 Å². The number of amides is 1. The van der Waals surface area contributed by atoms with Crippen LogP contribution in [0.2, 0.25) is 0 Å². The molecule has 8 heteroatoms. The Kier molecular flexibility index (Phi) is 3.61. The van der Waals surface area contributed by atoms with E-state index >= 15 is 0 Å². The average Bonchev–Trinajstić information content (AvgIpc) is 3.32. The van der Waals surface area contributed by atoms with Crippen LogP contribution in [-0.4, -0.2) is 27.1 Å². The number of carbonyl (C=O) groups excluding carboxylic acids is 1. The monoisotopic (exact) mass is 345 g/mol. The number of aromatic nitrogens is 2. The van der Waals surface area contributed by atoms with Crippen LogP contribution in [0.5, 0.6) is 0 Å². The number of nitrogens with zero attached hydrogens (tertiary/aromatic N) is 3. The fourth-order valence-corrected chi connectivity index (χ4v) is 3.73. The first kappa shape index (κ1) is 14.9. The molecule has 0 saturated heterocycles. The van der Waals surface area contributed by atoms with Crippen LogP contribution in [0.15, 0.2) is 43.5 Å². The molecule has 1 aliphatic rings. The lowest BCUT2D eigenvalue weighted by Crippen LogP contribution is -2.41. The first-order valence-electron chi connectivity index (χ1n) is 7.61. The smallest absolute Gasteiger partial charge is 0.438 e. The molecule has 3 aromatic heterocycles. The summed E-state index contributed by atoms with van der Waals surface area (Å²) < 4.78 is 11.3. The number of carbonyl (C=O) groups is 1. The second-order valence-corrected chi connectivity index (χ2v) is 6.65. The highest BCUT2D eigenvalue weighted by Crippen LogP contribution is 2.25. The van der Waals surface area contributed by atoms with Gasteiger partial charge in [0.05, 0.1) is 6.26 Å². The molecule has 124 valence electrons. The lowest BCUT2D eigenvalue weighted by Gasteiger charge is -2.29. The summed E-state index contributed by atoms with van der Waals surface area (Å²) in [6, 6.07) is 4.63. The molecular formula is C16H15N3O4S. The number of furan rings is 1. The third kappa shape index (κ3) is 2.48. The molecule has 0 N–H and O–H groups in total. The van der Waals surface area contributed by atoms with Gasteiger partial charge in [0.15, 0.2) is 5.76 Å². The molecule has 0 bridgehead atoms. The molecule has 0 unspecified atom stereocenters. The molecule has 0 aromatic carbocycles. The largest absolute Gasteiger partial charge is 0.459 e. The number of fused-ring (bicyclic) bond motifs is 1. The van der Waals surface area contributed by atoms with Gasteiger partial charge >= 0.3 is 5.76 Å². The second-order valence-electron chi connectivity index (χ2n) is 5.65. The van der Waals surface area contributed by atoms with Crippen LogP contribution in [0.4, 0.5) is 0 Å². The fourth-order valence-electron chi connectivity index (χ4n) is 2.84. The van der Waals surface area contributed by atoms with Crippen LogP contribution in [0.25, 0.3) is 11.7 Å². The van der Waals surface area contributed by atoms with E-state index < -0.39 is 11.8 Å². The van der Waals surface area contributed by atoms with Crippen molar-refractivity contribution in [1.82, 2.24) is 14.7 Å². The van der Waals surface area contributed by atoms with E-state index in [0.29, 0.717) is 18.8 Å². The zero-order chi connectivity index (χ0) is 16.7. The van der Waals surface area contributed by atoms with Crippen LogP contribution >= 0.6 is 11.3 Å². The summed E-state index contributed by atoms with van der Waals surface area (Å²) in [6.45, 7) is 2.87. The van der Waals surface area contributed by atoms with E-state index in [2.05, 4.69) is 5.10 Å². The van der Waals surface area contributed by atoms with Crippen molar-refractivity contribution in [3.63, 3.8) is 0 Å². The van der Waals surface area contributed by atoms with Gasteiger partial charge < -0.3 is 13.7 Å². The molecule has 4 rings (SSSR count). The Bertz CT molecular complexity index is 921. The third-order valence-corrected chi connectivity index (χ3v) is 5.17. The van der Waals surface area contributed by atoms with E-state index in [1.54, 1.807) is 35.3 Å². The number of hydrogen-bond acceptors (Lipinski definition) is 6. The highest BCUT2D eigenvalue weighted by atomic mass is 32.1. The highest BCUT2D eigenvalue weighted by Gasteiger charge is 2.29. The van der Waals surface area contributed by atoms with Gasteiger partial charge in [0.25, 0.3) is 5.89 Å². The van der Waals surface area contributed by atoms with Crippen LogP contribution < -0.4 is 5.76 Å². The molecule has 3 aromatic rings. The maximum Gasteiger partial charge on any atom is 0.438 e. The van der Waals surface area contributed by atoms with Crippen molar-refractivity contribution < 1.29 is 13.6 Å². The quantitative estimate of drug-likeness (QED) is 0.727. The summed E-state index contributed by atoms with van der Waals surface area (Å²) in [5, 5.41) is 6.14. The molecule has 1 aliphatic heterocycles. The molecule has 0 spiro atoms. The standard InChI is InChI=1S/C16H15N3O4S/c1-10(15(20)18-6-4-13-11(9-18)5-8-24-13)19-16(21)23-14(17-19)12-3-2-7-22-12/h2-3,5,7-8,10H,4,6,9H2,1H3/t10-/m1/s1. The van der Waals surface area contributed by atoms with Gasteiger partial charge in [-0.25, -0.2) is 4.79 Å². The molecule has 0 fully saturated rings. The SMILES string of the molecule is C[C@H](C(=O)N1CCc2sccc2C1)n1nc(-c2ccco2)oc1=O. The van der Waals surface area contributed by atoms with Gasteiger partial charge in [0.1, 0.15) is 6.04 Å². The van der Waals surface area contributed by atoms with Crippen molar-refractivity contribution in [2.24, 2.45) is 0 Å². The van der Waals surface area contributed by atoms with Crippen molar-refractivity contribution in [2.75, 3.05) is 6.54 Å². The predicted octanol–water partition coefficient (Wildman–Crippen LogP) is 2.30. The minimum Gasteiger partial charge on any atom is -0.459 e. The maximum absolute atomic E-state index is 12.7. The van der Waals surface area contributed by atoms with Crippen LogP contribution in [-0.2, 0) is 17.8 Å². The van der Waals surface area contributed by atoms with E-state index in [1.807, 2.05) is 11.4 Å². The van der Waals surface area contributed by atoms with E-state index in [0.717, 1.165) is 11.1 Å². The molecule has 0 radical (unpaired) electrons. The van der Waals surface area contributed by atoms with Crippen LogP contribution in [0.1, 0.15) is 23.4 Å². The molecule has 4 heterocycles. The normalized spacial score (nSPS) is 15.3. The number of thiophene rings is 1. The lowest BCUT2D eigenvalue weighted by atomic mass is 10.1. The van der Waals surface area contributed by atoms with Crippen molar-refractivity contribution in [1.29, 1.82) is 0 Å². The van der Waals surface area contributed by atoms with Crippen LogP contribution in [0, 0.1) is 0 Å². The predicted molar refractivity (Wildman–Crippen MR) is 86.6 cm³/mol. The topological polar surface area (TPSA) is 81.5 Å². The van der Waals surface area contributed by atoms with Gasteiger partial charge in [-0.1, -0.05) is 0 Å². The fraction of sp³-hybridized carbons (Fsp3) is 0.312. The second kappa shape index (κ2) is 5.79. The summed E-state index contributed by atoms with van der Waals surface area (Å²) in [6.07, 6.45) is 2.31. The molecule has 7 nitrogen and oxygen atoms in total. The Morgan fingerprint density at radius 1 is 1.42 bits per heavy atom. The van der Waals surface area contributed by atoms with Gasteiger partial charge in [-0.05, 0) is 42.5 Å². The molecule has 0 saturated carbocycles. The maximum atomic E-state index is 12.7. The van der Waals surface area contributed by atoms with Gasteiger partial charge in [-0.15, -0.1) is 16.4 Å². The van der Waals surface area contributed by atoms with E-state index in [4.69, 9.17) is 8.83 Å². The number of hydrogen-bond donors (Lipinski definition) is 0. The van der Waals surface area contributed by atoms with Gasteiger partial charge in [0.2, 0.25) is 5.91 Å². The lowest BCUT2D eigenvalue weighted by molar-refractivity contribution is -0.135. The van der Waals surface area contributed by atoms with E-state index in [9.17, 15) is 9.59 Å². The van der Waals surface area contributed by atoms with E-state index in [-0.39, 0.29) is 11.8 Å². The van der Waals surface area contributed by atoms with Gasteiger partial charge in [-0.2, -0.15) is 4.68 Å². The average molecular weight is 345 g/mol.